The second-order valence-electron chi connectivity index (χ2n) is 5.98. The van der Waals surface area contributed by atoms with Crippen molar-refractivity contribution in [3.8, 4) is 0 Å². The van der Waals surface area contributed by atoms with Crippen LogP contribution in [0.1, 0.15) is 32.3 Å². The molecule has 3 nitrogen and oxygen atoms in total. The fourth-order valence-corrected chi connectivity index (χ4v) is 2.94. The van der Waals surface area contributed by atoms with Crippen LogP contribution in [0, 0.1) is 0 Å². The summed E-state index contributed by atoms with van der Waals surface area (Å²) < 4.78 is 0. The predicted octanol–water partition coefficient (Wildman–Crippen LogP) is 2.62. The Balaban J connectivity index is 1.66. The lowest BCUT2D eigenvalue weighted by Crippen LogP contribution is -2.49. The normalized spacial score (nSPS) is 19.1. The molecular formula is C17H29N3. The van der Waals surface area contributed by atoms with Crippen LogP contribution in [-0.4, -0.2) is 48.6 Å². The molecule has 2 N–H and O–H groups in total. The van der Waals surface area contributed by atoms with E-state index in [1.165, 1.54) is 51.1 Å². The zero-order valence-corrected chi connectivity index (χ0v) is 13.0. The van der Waals surface area contributed by atoms with Gasteiger partial charge in [-0.25, -0.2) is 0 Å². The molecule has 1 atom stereocenters. The van der Waals surface area contributed by atoms with Crippen molar-refractivity contribution in [2.45, 2.75) is 39.2 Å². The molecule has 1 fully saturated rings. The minimum atomic E-state index is 0.740. The van der Waals surface area contributed by atoms with Crippen molar-refractivity contribution in [1.29, 1.82) is 0 Å². The Morgan fingerprint density at radius 3 is 2.60 bits per heavy atom. The lowest BCUT2D eigenvalue weighted by molar-refractivity contribution is 0.1000. The summed E-state index contributed by atoms with van der Waals surface area (Å²) in [6.07, 6.45) is 3.62. The van der Waals surface area contributed by atoms with E-state index in [1.54, 1.807) is 0 Å². The van der Waals surface area contributed by atoms with Gasteiger partial charge in [-0.1, -0.05) is 19.1 Å². The highest BCUT2D eigenvalue weighted by Gasteiger charge is 2.19. The molecule has 3 heteroatoms. The number of piperazine rings is 1. The Morgan fingerprint density at radius 1 is 1.20 bits per heavy atom. The van der Waals surface area contributed by atoms with Crippen molar-refractivity contribution in [2.24, 2.45) is 0 Å². The van der Waals surface area contributed by atoms with Crippen LogP contribution >= 0.6 is 0 Å². The highest BCUT2D eigenvalue weighted by atomic mass is 15.3. The van der Waals surface area contributed by atoms with Crippen LogP contribution in [0.4, 0.5) is 5.69 Å². The lowest BCUT2D eigenvalue weighted by atomic mass is 10.1. The molecular weight excluding hydrogens is 246 g/mol. The summed E-state index contributed by atoms with van der Waals surface area (Å²) in [4.78, 5) is 5.22. The van der Waals surface area contributed by atoms with Gasteiger partial charge in [0.2, 0.25) is 0 Å². The molecule has 112 valence electrons. The van der Waals surface area contributed by atoms with Gasteiger partial charge in [0, 0.05) is 37.9 Å². The van der Waals surface area contributed by atoms with Crippen LogP contribution in [0.25, 0.3) is 0 Å². The molecule has 1 aliphatic rings. The molecule has 0 aliphatic carbocycles. The summed E-state index contributed by atoms with van der Waals surface area (Å²) >= 11 is 0. The maximum Gasteiger partial charge on any atom is 0.0316 e. The highest BCUT2D eigenvalue weighted by Crippen LogP contribution is 2.11. The molecule has 1 aliphatic heterocycles. The molecule has 0 radical (unpaired) electrons. The first kappa shape index (κ1) is 15.3. The number of hydrogen-bond acceptors (Lipinski definition) is 3. The Labute approximate surface area is 123 Å². The summed E-state index contributed by atoms with van der Waals surface area (Å²) in [6.45, 7) is 10.7. The van der Waals surface area contributed by atoms with Gasteiger partial charge in [0.1, 0.15) is 0 Å². The molecule has 20 heavy (non-hydrogen) atoms. The van der Waals surface area contributed by atoms with Crippen molar-refractivity contribution >= 4 is 5.69 Å². The van der Waals surface area contributed by atoms with Gasteiger partial charge in [0.25, 0.3) is 0 Å². The third-order valence-corrected chi connectivity index (χ3v) is 4.51. The summed E-state index contributed by atoms with van der Waals surface area (Å²) in [7, 11) is 0. The van der Waals surface area contributed by atoms with Crippen molar-refractivity contribution < 1.29 is 0 Å². The van der Waals surface area contributed by atoms with Crippen LogP contribution in [0.15, 0.2) is 24.3 Å². The standard InChI is InChI=1S/C17H29N3/c1-3-15(2)20-12-10-19(11-13-20)9-5-7-16-6-4-8-17(18)14-16/h4,6,8,14-15H,3,5,7,9-13,18H2,1-2H3. The summed E-state index contributed by atoms with van der Waals surface area (Å²) in [5, 5.41) is 0. The third kappa shape index (κ3) is 4.50. The first-order valence-corrected chi connectivity index (χ1v) is 8.00. The first-order chi connectivity index (χ1) is 9.69. The van der Waals surface area contributed by atoms with Gasteiger partial charge >= 0.3 is 0 Å². The molecule has 0 amide bonds. The maximum absolute atomic E-state index is 5.81. The molecule has 1 aromatic carbocycles. The molecule has 0 aromatic heterocycles. The van der Waals surface area contributed by atoms with Gasteiger partial charge in [0.15, 0.2) is 0 Å². The van der Waals surface area contributed by atoms with E-state index in [9.17, 15) is 0 Å². The minimum Gasteiger partial charge on any atom is -0.399 e. The molecule has 1 unspecified atom stereocenters. The Hall–Kier alpha value is -1.06. The second kappa shape index (κ2) is 7.65. The zero-order chi connectivity index (χ0) is 14.4. The molecule has 0 spiro atoms. The van der Waals surface area contributed by atoms with Crippen LogP contribution in [-0.2, 0) is 6.42 Å². The SMILES string of the molecule is CCC(C)N1CCN(CCCc2cccc(N)c2)CC1. The summed E-state index contributed by atoms with van der Waals surface area (Å²) in [5.74, 6) is 0. The van der Waals surface area contributed by atoms with E-state index < -0.39 is 0 Å². The predicted molar refractivity (Wildman–Crippen MR) is 86.9 cm³/mol. The van der Waals surface area contributed by atoms with E-state index in [0.29, 0.717) is 0 Å². The fraction of sp³-hybridized carbons (Fsp3) is 0.647. The van der Waals surface area contributed by atoms with Crippen LogP contribution in [0.3, 0.4) is 0 Å². The third-order valence-electron chi connectivity index (χ3n) is 4.51. The van der Waals surface area contributed by atoms with Gasteiger partial charge in [0.05, 0.1) is 0 Å². The quantitative estimate of drug-likeness (QED) is 0.810. The number of hydrogen-bond donors (Lipinski definition) is 1. The molecule has 1 saturated heterocycles. The summed E-state index contributed by atoms with van der Waals surface area (Å²) in [6, 6.07) is 9.02. The average Bonchev–Trinajstić information content (AvgIpc) is 2.47. The lowest BCUT2D eigenvalue weighted by Gasteiger charge is -2.37. The average molecular weight is 275 g/mol. The van der Waals surface area contributed by atoms with Crippen LogP contribution in [0.2, 0.25) is 0 Å². The van der Waals surface area contributed by atoms with Crippen LogP contribution in [0.5, 0.6) is 0 Å². The maximum atomic E-state index is 5.81. The van der Waals surface area contributed by atoms with E-state index in [-0.39, 0.29) is 0 Å². The minimum absolute atomic E-state index is 0.740. The van der Waals surface area contributed by atoms with Gasteiger partial charge < -0.3 is 10.6 Å². The molecule has 1 heterocycles. The highest BCUT2D eigenvalue weighted by molar-refractivity contribution is 5.40. The molecule has 1 aromatic rings. The van der Waals surface area contributed by atoms with Gasteiger partial charge in [-0.05, 0) is 50.4 Å². The van der Waals surface area contributed by atoms with E-state index in [0.717, 1.165) is 18.2 Å². The van der Waals surface area contributed by atoms with Crippen LogP contribution < -0.4 is 5.73 Å². The van der Waals surface area contributed by atoms with Crippen molar-refractivity contribution in [3.63, 3.8) is 0 Å². The van der Waals surface area contributed by atoms with Crippen molar-refractivity contribution in [2.75, 3.05) is 38.5 Å². The number of rotatable bonds is 6. The van der Waals surface area contributed by atoms with Gasteiger partial charge in [-0.3, -0.25) is 4.90 Å². The number of benzene rings is 1. The van der Waals surface area contributed by atoms with Crippen molar-refractivity contribution in [3.05, 3.63) is 29.8 Å². The number of nitrogens with zero attached hydrogens (tertiary/aromatic N) is 2. The molecule has 0 saturated carbocycles. The number of anilines is 1. The van der Waals surface area contributed by atoms with Crippen molar-refractivity contribution in [1.82, 2.24) is 9.80 Å². The monoisotopic (exact) mass is 275 g/mol. The van der Waals surface area contributed by atoms with E-state index in [1.807, 2.05) is 6.07 Å². The molecule has 0 bridgehead atoms. The first-order valence-electron chi connectivity index (χ1n) is 8.00. The summed E-state index contributed by atoms with van der Waals surface area (Å²) in [5.41, 5.74) is 8.06. The Bertz CT molecular complexity index is 397. The number of nitrogen functional groups attached to an aromatic ring is 1. The van der Waals surface area contributed by atoms with E-state index in [2.05, 4.69) is 41.8 Å². The number of nitrogens with two attached hydrogens (primary N) is 1. The zero-order valence-electron chi connectivity index (χ0n) is 13.0. The molecule has 2 rings (SSSR count). The Morgan fingerprint density at radius 2 is 1.95 bits per heavy atom. The smallest absolute Gasteiger partial charge is 0.0316 e. The largest absolute Gasteiger partial charge is 0.399 e. The Kier molecular flexibility index (Phi) is 5.86. The number of aryl methyl sites for hydroxylation is 1. The van der Waals surface area contributed by atoms with Gasteiger partial charge in [-0.2, -0.15) is 0 Å². The van der Waals surface area contributed by atoms with E-state index >= 15 is 0 Å². The fourth-order valence-electron chi connectivity index (χ4n) is 2.94. The topological polar surface area (TPSA) is 32.5 Å². The van der Waals surface area contributed by atoms with E-state index in [4.69, 9.17) is 5.73 Å². The second-order valence-corrected chi connectivity index (χ2v) is 5.98. The van der Waals surface area contributed by atoms with Gasteiger partial charge in [-0.15, -0.1) is 0 Å².